The van der Waals surface area contributed by atoms with Gasteiger partial charge in [0, 0.05) is 11.6 Å². The molecule has 0 radical (unpaired) electrons. The standard InChI is InChI=1S/C22H21NO6/c1-15(23-21(25)10-7-16-5-3-2-4-6-16)22(26)29-14-18(24)17-8-9-19-20(13-17)28-12-11-27-19/h2-10,13,15H,11-12,14H2,1H3,(H,23,25)/b10-7+/t15-/m0/s1. The van der Waals surface area contributed by atoms with Crippen molar-refractivity contribution in [2.75, 3.05) is 19.8 Å². The third-order valence-corrected chi connectivity index (χ3v) is 4.15. The van der Waals surface area contributed by atoms with E-state index in [0.29, 0.717) is 30.3 Å². The molecule has 150 valence electrons. The van der Waals surface area contributed by atoms with Crippen molar-refractivity contribution in [2.45, 2.75) is 13.0 Å². The van der Waals surface area contributed by atoms with Gasteiger partial charge in [-0.05, 0) is 36.8 Å². The summed E-state index contributed by atoms with van der Waals surface area (Å²) in [5.74, 6) is -0.449. The summed E-state index contributed by atoms with van der Waals surface area (Å²) in [4.78, 5) is 36.3. The van der Waals surface area contributed by atoms with E-state index < -0.39 is 24.5 Å². The molecule has 1 aliphatic rings. The topological polar surface area (TPSA) is 90.9 Å². The van der Waals surface area contributed by atoms with Gasteiger partial charge in [0.2, 0.25) is 5.91 Å². The number of carbonyl (C=O) groups is 3. The van der Waals surface area contributed by atoms with Crippen molar-refractivity contribution < 1.29 is 28.6 Å². The minimum Gasteiger partial charge on any atom is -0.486 e. The maximum absolute atomic E-state index is 12.3. The minimum absolute atomic E-state index is 0.351. The van der Waals surface area contributed by atoms with Gasteiger partial charge in [-0.25, -0.2) is 4.79 Å². The zero-order chi connectivity index (χ0) is 20.6. The van der Waals surface area contributed by atoms with E-state index in [9.17, 15) is 14.4 Å². The van der Waals surface area contributed by atoms with E-state index in [2.05, 4.69) is 5.32 Å². The van der Waals surface area contributed by atoms with Crippen LogP contribution in [0.2, 0.25) is 0 Å². The van der Waals surface area contributed by atoms with E-state index in [-0.39, 0.29) is 5.78 Å². The van der Waals surface area contributed by atoms with Gasteiger partial charge in [-0.1, -0.05) is 30.3 Å². The van der Waals surface area contributed by atoms with Crippen LogP contribution in [0.25, 0.3) is 6.08 Å². The highest BCUT2D eigenvalue weighted by Crippen LogP contribution is 2.30. The van der Waals surface area contributed by atoms with Gasteiger partial charge in [0.05, 0.1) is 0 Å². The predicted molar refractivity (Wildman–Crippen MR) is 106 cm³/mol. The Morgan fingerprint density at radius 2 is 1.79 bits per heavy atom. The first-order valence-corrected chi connectivity index (χ1v) is 9.16. The van der Waals surface area contributed by atoms with Crippen LogP contribution in [0.4, 0.5) is 0 Å². The Kier molecular flexibility index (Phi) is 6.63. The third kappa shape index (κ3) is 5.68. The van der Waals surface area contributed by atoms with Crippen LogP contribution in [0.15, 0.2) is 54.6 Å². The molecule has 0 bridgehead atoms. The summed E-state index contributed by atoms with van der Waals surface area (Å²) in [6, 6.07) is 13.2. The lowest BCUT2D eigenvalue weighted by Gasteiger charge is -2.18. The largest absolute Gasteiger partial charge is 0.486 e. The number of ether oxygens (including phenoxy) is 3. The molecular weight excluding hydrogens is 374 g/mol. The summed E-state index contributed by atoms with van der Waals surface area (Å²) in [5.41, 5.74) is 1.22. The zero-order valence-electron chi connectivity index (χ0n) is 15.9. The van der Waals surface area contributed by atoms with Crippen molar-refractivity contribution >= 4 is 23.7 Å². The lowest BCUT2D eigenvalue weighted by Crippen LogP contribution is -2.39. The second-order valence-corrected chi connectivity index (χ2v) is 6.36. The Labute approximate surface area is 168 Å². The summed E-state index contributed by atoms with van der Waals surface area (Å²) in [5, 5.41) is 2.51. The number of ketones is 1. The fourth-order valence-electron chi connectivity index (χ4n) is 2.62. The number of carbonyl (C=O) groups excluding carboxylic acids is 3. The first kappa shape index (κ1) is 20.1. The molecule has 7 heteroatoms. The quantitative estimate of drug-likeness (QED) is 0.440. The highest BCUT2D eigenvalue weighted by atomic mass is 16.6. The Hall–Kier alpha value is -3.61. The second kappa shape index (κ2) is 9.54. The van der Waals surface area contributed by atoms with E-state index in [0.717, 1.165) is 5.56 Å². The molecule has 3 rings (SSSR count). The number of hydrogen-bond donors (Lipinski definition) is 1. The van der Waals surface area contributed by atoms with E-state index in [1.807, 2.05) is 30.3 Å². The summed E-state index contributed by atoms with van der Waals surface area (Å²) in [6.07, 6.45) is 2.97. The summed E-state index contributed by atoms with van der Waals surface area (Å²) >= 11 is 0. The number of rotatable bonds is 7. The van der Waals surface area contributed by atoms with Crippen LogP contribution in [0, 0.1) is 0 Å². The minimum atomic E-state index is -0.893. The molecule has 1 amide bonds. The molecule has 1 atom stereocenters. The van der Waals surface area contributed by atoms with Crippen LogP contribution in [0.3, 0.4) is 0 Å². The van der Waals surface area contributed by atoms with Gasteiger partial charge in [-0.3, -0.25) is 9.59 Å². The molecule has 1 aliphatic heterocycles. The number of Topliss-reactive ketones (excluding diaryl/α,β-unsaturated/α-hetero) is 1. The molecular formula is C22H21NO6. The van der Waals surface area contributed by atoms with Gasteiger partial charge in [0.25, 0.3) is 0 Å². The molecule has 2 aromatic rings. The third-order valence-electron chi connectivity index (χ3n) is 4.15. The van der Waals surface area contributed by atoms with Crippen molar-refractivity contribution in [2.24, 2.45) is 0 Å². The van der Waals surface area contributed by atoms with Crippen LogP contribution in [-0.2, 0) is 14.3 Å². The molecule has 0 spiro atoms. The Morgan fingerprint density at radius 1 is 1.07 bits per heavy atom. The van der Waals surface area contributed by atoms with Crippen LogP contribution in [0.5, 0.6) is 11.5 Å². The van der Waals surface area contributed by atoms with E-state index in [1.54, 1.807) is 24.3 Å². The number of benzene rings is 2. The molecule has 0 saturated heterocycles. The Balaban J connectivity index is 1.47. The van der Waals surface area contributed by atoms with Gasteiger partial charge < -0.3 is 19.5 Å². The lowest BCUT2D eigenvalue weighted by molar-refractivity contribution is -0.145. The van der Waals surface area contributed by atoms with Crippen molar-refractivity contribution in [1.29, 1.82) is 0 Å². The predicted octanol–water partition coefficient (Wildman–Crippen LogP) is 2.40. The highest BCUT2D eigenvalue weighted by Gasteiger charge is 2.19. The SMILES string of the molecule is C[C@H](NC(=O)/C=C/c1ccccc1)C(=O)OCC(=O)c1ccc2c(c1)OCCO2. The second-order valence-electron chi connectivity index (χ2n) is 6.36. The van der Waals surface area contributed by atoms with Gasteiger partial charge in [0.1, 0.15) is 19.3 Å². The molecule has 0 fully saturated rings. The van der Waals surface area contributed by atoms with Gasteiger partial charge >= 0.3 is 5.97 Å². The molecule has 1 heterocycles. The van der Waals surface area contributed by atoms with E-state index in [4.69, 9.17) is 14.2 Å². The Bertz CT molecular complexity index is 922. The number of hydrogen-bond acceptors (Lipinski definition) is 6. The molecule has 7 nitrogen and oxygen atoms in total. The maximum atomic E-state index is 12.3. The molecule has 29 heavy (non-hydrogen) atoms. The van der Waals surface area contributed by atoms with Crippen LogP contribution in [0.1, 0.15) is 22.8 Å². The zero-order valence-corrected chi connectivity index (χ0v) is 15.9. The molecule has 1 N–H and O–H groups in total. The number of amides is 1. The first-order chi connectivity index (χ1) is 14.0. The van der Waals surface area contributed by atoms with Gasteiger partial charge in [-0.2, -0.15) is 0 Å². The monoisotopic (exact) mass is 395 g/mol. The summed E-state index contributed by atoms with van der Waals surface area (Å²) < 4.78 is 15.9. The maximum Gasteiger partial charge on any atom is 0.328 e. The normalized spacial score (nSPS) is 13.6. The molecule has 0 aliphatic carbocycles. The fraction of sp³-hybridized carbons (Fsp3) is 0.227. The van der Waals surface area contributed by atoms with E-state index >= 15 is 0 Å². The van der Waals surface area contributed by atoms with E-state index in [1.165, 1.54) is 13.0 Å². The van der Waals surface area contributed by atoms with Crippen molar-refractivity contribution in [3.8, 4) is 11.5 Å². The molecule has 2 aromatic carbocycles. The average molecular weight is 395 g/mol. The highest BCUT2D eigenvalue weighted by molar-refractivity contribution is 5.99. The smallest absolute Gasteiger partial charge is 0.328 e. The van der Waals surface area contributed by atoms with Crippen molar-refractivity contribution in [3.63, 3.8) is 0 Å². The van der Waals surface area contributed by atoms with Crippen LogP contribution < -0.4 is 14.8 Å². The van der Waals surface area contributed by atoms with Gasteiger partial charge in [0.15, 0.2) is 23.9 Å². The number of nitrogens with one attached hydrogen (secondary N) is 1. The molecule has 0 aromatic heterocycles. The number of esters is 1. The fourth-order valence-corrected chi connectivity index (χ4v) is 2.62. The van der Waals surface area contributed by atoms with Crippen molar-refractivity contribution in [1.82, 2.24) is 5.32 Å². The summed E-state index contributed by atoms with van der Waals surface area (Å²) in [7, 11) is 0. The van der Waals surface area contributed by atoms with Crippen molar-refractivity contribution in [3.05, 3.63) is 65.7 Å². The number of fused-ring (bicyclic) bond motifs is 1. The lowest BCUT2D eigenvalue weighted by atomic mass is 10.1. The summed E-state index contributed by atoms with van der Waals surface area (Å²) in [6.45, 7) is 1.93. The van der Waals surface area contributed by atoms with Gasteiger partial charge in [-0.15, -0.1) is 0 Å². The Morgan fingerprint density at radius 3 is 2.55 bits per heavy atom. The molecule has 0 unspecified atom stereocenters. The molecule has 0 saturated carbocycles. The van der Waals surface area contributed by atoms with Crippen LogP contribution in [-0.4, -0.2) is 43.5 Å². The first-order valence-electron chi connectivity index (χ1n) is 9.16. The average Bonchev–Trinajstić information content (AvgIpc) is 2.76. The van der Waals surface area contributed by atoms with Crippen LogP contribution >= 0.6 is 0 Å².